The third-order valence-corrected chi connectivity index (χ3v) is 6.81. The first-order valence-electron chi connectivity index (χ1n) is 12.1. The van der Waals surface area contributed by atoms with Crippen molar-refractivity contribution in [1.82, 2.24) is 34.1 Å². The Morgan fingerprint density at radius 2 is 1.89 bits per heavy atom. The van der Waals surface area contributed by atoms with E-state index < -0.39 is 0 Å². The lowest BCUT2D eigenvalue weighted by atomic mass is 10.0. The van der Waals surface area contributed by atoms with Gasteiger partial charge in [0.25, 0.3) is 0 Å². The van der Waals surface area contributed by atoms with Crippen LogP contribution in [-0.4, -0.2) is 57.9 Å². The largest absolute Gasteiger partial charge is 0.457 e. The number of aliphatic hydroxyl groups excluding tert-OH is 1. The summed E-state index contributed by atoms with van der Waals surface area (Å²) in [5, 5.41) is 22.0. The number of aromatic nitrogens is 6. The molecule has 5 aromatic rings. The molecule has 2 unspecified atom stereocenters. The number of benzene rings is 1. The van der Waals surface area contributed by atoms with Crippen LogP contribution in [0, 0.1) is 6.92 Å². The summed E-state index contributed by atoms with van der Waals surface area (Å²) in [6, 6.07) is 12.1. The Balaban J connectivity index is 1.23. The van der Waals surface area contributed by atoms with Crippen LogP contribution in [0.15, 0.2) is 61.4 Å². The molecule has 10 nitrogen and oxygen atoms in total. The molecule has 36 heavy (non-hydrogen) atoms. The predicted octanol–water partition coefficient (Wildman–Crippen LogP) is 3.96. The lowest BCUT2D eigenvalue weighted by molar-refractivity contribution is 0.0444. The smallest absolute Gasteiger partial charge is 0.158 e. The second kappa shape index (κ2) is 9.21. The van der Waals surface area contributed by atoms with Gasteiger partial charge in [-0.1, -0.05) is 0 Å². The van der Waals surface area contributed by atoms with Gasteiger partial charge in [-0.25, -0.2) is 19.0 Å². The maximum Gasteiger partial charge on any atom is 0.158 e. The molecule has 6 rings (SSSR count). The Morgan fingerprint density at radius 1 is 1.06 bits per heavy atom. The molecule has 2 N–H and O–H groups in total. The molecule has 4 aromatic heterocycles. The maximum absolute atomic E-state index is 9.99. The number of hydrogen-bond donors (Lipinski definition) is 2. The molecule has 1 fully saturated rings. The standard InChI is InChI=1S/C26H28N8O2/c1-17-11-20(3-4-23(17)36-22-7-10-33-24(13-22)27-15-29-33)31-26-25-19(5-9-34(25)30-16-28-26)14-32-8-6-21(35)12-18(32)2/h3-5,7,9-11,13,15-16,18,21,35H,6,8,12,14H2,1-2H3,(H,28,30,31). The predicted molar refractivity (Wildman–Crippen MR) is 136 cm³/mol. The lowest BCUT2D eigenvalue weighted by Gasteiger charge is -2.35. The van der Waals surface area contributed by atoms with Crippen LogP contribution in [0.2, 0.25) is 0 Å². The second-order valence-corrected chi connectivity index (χ2v) is 9.37. The number of aliphatic hydroxyl groups is 1. The number of fused-ring (bicyclic) bond motifs is 2. The summed E-state index contributed by atoms with van der Waals surface area (Å²) in [4.78, 5) is 11.2. The third-order valence-electron chi connectivity index (χ3n) is 6.81. The second-order valence-electron chi connectivity index (χ2n) is 9.37. The van der Waals surface area contributed by atoms with Crippen molar-refractivity contribution in [1.29, 1.82) is 0 Å². The third kappa shape index (κ3) is 4.36. The van der Waals surface area contributed by atoms with E-state index in [2.05, 4.69) is 43.4 Å². The van der Waals surface area contributed by atoms with Gasteiger partial charge in [0.1, 0.15) is 29.7 Å². The highest BCUT2D eigenvalue weighted by molar-refractivity contribution is 5.76. The van der Waals surface area contributed by atoms with E-state index in [9.17, 15) is 5.11 Å². The van der Waals surface area contributed by atoms with Gasteiger partial charge in [-0.05, 0) is 68.1 Å². The van der Waals surface area contributed by atoms with E-state index in [4.69, 9.17) is 4.74 Å². The topological polar surface area (TPSA) is 105 Å². The minimum absolute atomic E-state index is 0.205. The number of piperidine rings is 1. The van der Waals surface area contributed by atoms with Crippen LogP contribution in [0.4, 0.5) is 11.5 Å². The SMILES string of the molecule is Cc1cc(Nc2ncnn3ccc(CN4CCC(O)CC4C)c23)ccc1Oc1ccn2ncnc2c1. The lowest BCUT2D eigenvalue weighted by Crippen LogP contribution is -2.41. The summed E-state index contributed by atoms with van der Waals surface area (Å²) in [7, 11) is 0. The van der Waals surface area contributed by atoms with Crippen molar-refractivity contribution in [2.24, 2.45) is 0 Å². The molecule has 0 radical (unpaired) electrons. The number of hydrogen-bond acceptors (Lipinski definition) is 8. The molecule has 0 bridgehead atoms. The fraction of sp³-hybridized carbons (Fsp3) is 0.308. The van der Waals surface area contributed by atoms with Gasteiger partial charge in [-0.3, -0.25) is 4.90 Å². The molecule has 1 aliphatic rings. The van der Waals surface area contributed by atoms with Gasteiger partial charge in [0, 0.05) is 43.3 Å². The zero-order valence-electron chi connectivity index (χ0n) is 20.2. The first-order valence-corrected chi connectivity index (χ1v) is 12.1. The number of nitrogens with one attached hydrogen (secondary N) is 1. The normalized spacial score (nSPS) is 18.6. The molecule has 0 aliphatic carbocycles. The van der Waals surface area contributed by atoms with Crippen molar-refractivity contribution in [2.75, 3.05) is 11.9 Å². The van der Waals surface area contributed by atoms with Crippen LogP contribution in [0.25, 0.3) is 11.2 Å². The Morgan fingerprint density at radius 3 is 2.75 bits per heavy atom. The molecule has 1 saturated heterocycles. The van der Waals surface area contributed by atoms with Gasteiger partial charge in [-0.2, -0.15) is 10.2 Å². The van der Waals surface area contributed by atoms with Crippen molar-refractivity contribution < 1.29 is 9.84 Å². The molecule has 2 atom stereocenters. The summed E-state index contributed by atoms with van der Waals surface area (Å²) in [5.74, 6) is 2.22. The summed E-state index contributed by atoms with van der Waals surface area (Å²) < 4.78 is 9.66. The molecule has 184 valence electrons. The summed E-state index contributed by atoms with van der Waals surface area (Å²) in [6.07, 6.45) is 8.27. The zero-order chi connectivity index (χ0) is 24.6. The molecule has 0 spiro atoms. The van der Waals surface area contributed by atoms with Gasteiger partial charge in [0.2, 0.25) is 0 Å². The van der Waals surface area contributed by atoms with Gasteiger partial charge in [0.05, 0.1) is 6.10 Å². The fourth-order valence-corrected chi connectivity index (χ4v) is 4.85. The molecule has 0 amide bonds. The molecule has 1 aliphatic heterocycles. The number of nitrogens with zero attached hydrogens (tertiary/aromatic N) is 7. The van der Waals surface area contributed by atoms with Crippen molar-refractivity contribution in [3.63, 3.8) is 0 Å². The average molecular weight is 485 g/mol. The van der Waals surface area contributed by atoms with E-state index in [1.807, 2.05) is 54.2 Å². The number of aryl methyl sites for hydroxylation is 1. The number of rotatable bonds is 6. The molecular weight excluding hydrogens is 456 g/mol. The minimum Gasteiger partial charge on any atom is -0.457 e. The monoisotopic (exact) mass is 484 g/mol. The van der Waals surface area contributed by atoms with E-state index in [-0.39, 0.29) is 6.10 Å². The average Bonchev–Trinajstić information content (AvgIpc) is 3.50. The van der Waals surface area contributed by atoms with E-state index in [1.54, 1.807) is 10.8 Å². The van der Waals surface area contributed by atoms with Gasteiger partial charge in [-0.15, -0.1) is 0 Å². The van der Waals surface area contributed by atoms with Gasteiger partial charge in [0.15, 0.2) is 11.5 Å². The summed E-state index contributed by atoms with van der Waals surface area (Å²) >= 11 is 0. The molecule has 0 saturated carbocycles. The minimum atomic E-state index is -0.205. The summed E-state index contributed by atoms with van der Waals surface area (Å²) in [6.45, 7) is 5.85. The fourth-order valence-electron chi connectivity index (χ4n) is 4.85. The van der Waals surface area contributed by atoms with Crippen molar-refractivity contribution >= 4 is 22.7 Å². The highest BCUT2D eigenvalue weighted by Gasteiger charge is 2.25. The Kier molecular flexibility index (Phi) is 5.74. The highest BCUT2D eigenvalue weighted by Crippen LogP contribution is 2.31. The molecular formula is C26H28N8O2. The summed E-state index contributed by atoms with van der Waals surface area (Å²) in [5.41, 5.74) is 4.74. The van der Waals surface area contributed by atoms with Crippen molar-refractivity contribution in [3.05, 3.63) is 72.6 Å². The van der Waals surface area contributed by atoms with Crippen LogP contribution < -0.4 is 10.1 Å². The van der Waals surface area contributed by atoms with Crippen molar-refractivity contribution in [3.8, 4) is 11.5 Å². The van der Waals surface area contributed by atoms with Crippen LogP contribution >= 0.6 is 0 Å². The van der Waals surface area contributed by atoms with E-state index in [1.165, 1.54) is 6.33 Å². The van der Waals surface area contributed by atoms with E-state index in [0.29, 0.717) is 11.8 Å². The van der Waals surface area contributed by atoms with Crippen molar-refractivity contribution in [2.45, 2.75) is 45.4 Å². The quantitative estimate of drug-likeness (QED) is 0.373. The molecule has 10 heteroatoms. The van der Waals surface area contributed by atoms with Crippen LogP contribution in [-0.2, 0) is 6.54 Å². The Bertz CT molecular complexity index is 1530. The maximum atomic E-state index is 9.99. The van der Waals surface area contributed by atoms with E-state index in [0.717, 1.165) is 65.5 Å². The van der Waals surface area contributed by atoms with Crippen LogP contribution in [0.5, 0.6) is 11.5 Å². The Labute approximate surface area is 208 Å². The molecule has 5 heterocycles. The van der Waals surface area contributed by atoms with Crippen LogP contribution in [0.1, 0.15) is 30.9 Å². The number of ether oxygens (including phenoxy) is 1. The number of pyridine rings is 1. The van der Waals surface area contributed by atoms with Crippen LogP contribution in [0.3, 0.4) is 0 Å². The highest BCUT2D eigenvalue weighted by atomic mass is 16.5. The van der Waals surface area contributed by atoms with E-state index >= 15 is 0 Å². The zero-order valence-corrected chi connectivity index (χ0v) is 20.2. The number of anilines is 2. The molecule has 1 aromatic carbocycles. The first kappa shape index (κ1) is 22.4. The Hall–Kier alpha value is -4.02. The van der Waals surface area contributed by atoms with Gasteiger partial charge >= 0.3 is 0 Å². The first-order chi connectivity index (χ1) is 17.5. The van der Waals surface area contributed by atoms with Gasteiger partial charge < -0.3 is 15.2 Å². The number of likely N-dealkylation sites (tertiary alicyclic amines) is 1.